The van der Waals surface area contributed by atoms with Crippen LogP contribution in [0.5, 0.6) is 0 Å². The number of anilines is 1. The van der Waals surface area contributed by atoms with Gasteiger partial charge in [-0.15, -0.1) is 11.3 Å². The SMILES string of the molecule is FC(F)(F)C1CCCN1c1ccc(-c2nccs2)cn1. The molecule has 2 aromatic rings. The molecule has 0 spiro atoms. The molecule has 20 heavy (non-hydrogen) atoms. The van der Waals surface area contributed by atoms with Gasteiger partial charge in [0.1, 0.15) is 16.9 Å². The molecule has 3 nitrogen and oxygen atoms in total. The highest BCUT2D eigenvalue weighted by Crippen LogP contribution is 2.35. The smallest absolute Gasteiger partial charge is 0.345 e. The molecule has 0 saturated carbocycles. The van der Waals surface area contributed by atoms with Crippen LogP contribution in [0, 0.1) is 0 Å². The van der Waals surface area contributed by atoms with E-state index < -0.39 is 12.2 Å². The van der Waals surface area contributed by atoms with E-state index in [1.54, 1.807) is 24.5 Å². The van der Waals surface area contributed by atoms with Gasteiger partial charge in [0.05, 0.1) is 0 Å². The van der Waals surface area contributed by atoms with Crippen LogP contribution in [0.1, 0.15) is 12.8 Å². The standard InChI is InChI=1S/C13H12F3N3S/c14-13(15,16)10-2-1-6-19(10)11-4-3-9(8-18-11)12-17-5-7-20-12/h3-5,7-8,10H,1-2,6H2. The number of hydrogen-bond donors (Lipinski definition) is 0. The van der Waals surface area contributed by atoms with Crippen molar-refractivity contribution in [1.29, 1.82) is 0 Å². The first-order valence-electron chi connectivity index (χ1n) is 6.25. The lowest BCUT2D eigenvalue weighted by Gasteiger charge is -2.27. The molecule has 0 aromatic carbocycles. The summed E-state index contributed by atoms with van der Waals surface area (Å²) < 4.78 is 38.8. The van der Waals surface area contributed by atoms with Crippen LogP contribution in [0.4, 0.5) is 19.0 Å². The normalized spacial score (nSPS) is 19.6. The third-order valence-corrected chi connectivity index (χ3v) is 4.17. The minimum absolute atomic E-state index is 0.138. The maximum Gasteiger partial charge on any atom is 0.408 e. The Morgan fingerprint density at radius 2 is 2.10 bits per heavy atom. The topological polar surface area (TPSA) is 29.0 Å². The van der Waals surface area contributed by atoms with Gasteiger partial charge >= 0.3 is 6.18 Å². The summed E-state index contributed by atoms with van der Waals surface area (Å²) >= 11 is 1.47. The molecule has 1 aliphatic rings. The molecule has 1 fully saturated rings. The Bertz CT molecular complexity index is 566. The molecule has 3 rings (SSSR count). The van der Waals surface area contributed by atoms with E-state index in [0.717, 1.165) is 10.6 Å². The number of halogens is 3. The van der Waals surface area contributed by atoms with E-state index in [-0.39, 0.29) is 6.42 Å². The first-order chi connectivity index (χ1) is 9.55. The molecule has 3 heterocycles. The average molecular weight is 299 g/mol. The Balaban J connectivity index is 1.84. The lowest BCUT2D eigenvalue weighted by molar-refractivity contribution is -0.146. The summed E-state index contributed by atoms with van der Waals surface area (Å²) in [4.78, 5) is 9.66. The fraction of sp³-hybridized carbons (Fsp3) is 0.385. The lowest BCUT2D eigenvalue weighted by atomic mass is 10.2. The molecule has 0 amide bonds. The van der Waals surface area contributed by atoms with Crippen LogP contribution in [0.3, 0.4) is 0 Å². The molecule has 7 heteroatoms. The fourth-order valence-corrected chi connectivity index (χ4v) is 3.06. The van der Waals surface area contributed by atoms with Gasteiger partial charge in [-0.3, -0.25) is 0 Å². The quantitative estimate of drug-likeness (QED) is 0.846. The van der Waals surface area contributed by atoms with Crippen molar-refractivity contribution < 1.29 is 13.2 Å². The average Bonchev–Trinajstić information content (AvgIpc) is 3.10. The van der Waals surface area contributed by atoms with Crippen molar-refractivity contribution in [2.24, 2.45) is 0 Å². The van der Waals surface area contributed by atoms with Gasteiger partial charge in [0.25, 0.3) is 0 Å². The van der Waals surface area contributed by atoms with Crippen molar-refractivity contribution in [3.8, 4) is 10.6 Å². The van der Waals surface area contributed by atoms with E-state index in [1.165, 1.54) is 16.2 Å². The summed E-state index contributed by atoms with van der Waals surface area (Å²) in [7, 11) is 0. The molecule has 2 aromatic heterocycles. The Morgan fingerprint density at radius 1 is 1.25 bits per heavy atom. The molecule has 1 aliphatic heterocycles. The van der Waals surface area contributed by atoms with Crippen molar-refractivity contribution in [3.05, 3.63) is 29.9 Å². The van der Waals surface area contributed by atoms with Crippen LogP contribution in [-0.4, -0.2) is 28.7 Å². The molecular weight excluding hydrogens is 287 g/mol. The molecule has 1 saturated heterocycles. The van der Waals surface area contributed by atoms with E-state index in [1.807, 2.05) is 5.38 Å². The third-order valence-electron chi connectivity index (χ3n) is 3.35. The van der Waals surface area contributed by atoms with Crippen LogP contribution in [0.2, 0.25) is 0 Å². The van der Waals surface area contributed by atoms with Gasteiger partial charge in [0.2, 0.25) is 0 Å². The van der Waals surface area contributed by atoms with Gasteiger partial charge in [0, 0.05) is 29.9 Å². The number of hydrogen-bond acceptors (Lipinski definition) is 4. The molecule has 0 bridgehead atoms. The van der Waals surface area contributed by atoms with E-state index in [2.05, 4.69) is 9.97 Å². The minimum Gasteiger partial charge on any atom is -0.345 e. The first-order valence-corrected chi connectivity index (χ1v) is 7.13. The maximum absolute atomic E-state index is 12.9. The number of rotatable bonds is 2. The maximum atomic E-state index is 12.9. The number of nitrogens with zero attached hydrogens (tertiary/aromatic N) is 3. The Labute approximate surface area is 118 Å². The summed E-state index contributed by atoms with van der Waals surface area (Å²) in [5.74, 6) is 0.380. The summed E-state index contributed by atoms with van der Waals surface area (Å²) in [6.07, 6.45) is -0.250. The Hall–Kier alpha value is -1.63. The first kappa shape index (κ1) is 13.4. The molecule has 0 N–H and O–H groups in total. The largest absolute Gasteiger partial charge is 0.408 e. The van der Waals surface area contributed by atoms with Gasteiger partial charge in [-0.05, 0) is 25.0 Å². The van der Waals surface area contributed by atoms with Crippen molar-refractivity contribution in [3.63, 3.8) is 0 Å². The van der Waals surface area contributed by atoms with E-state index in [9.17, 15) is 13.2 Å². The van der Waals surface area contributed by atoms with Crippen LogP contribution < -0.4 is 4.90 Å². The van der Waals surface area contributed by atoms with Gasteiger partial charge in [0.15, 0.2) is 0 Å². The minimum atomic E-state index is -4.20. The molecule has 0 radical (unpaired) electrons. The summed E-state index contributed by atoms with van der Waals surface area (Å²) in [5, 5.41) is 2.67. The molecule has 1 unspecified atom stereocenters. The number of pyridine rings is 1. The van der Waals surface area contributed by atoms with Gasteiger partial charge in [-0.25, -0.2) is 9.97 Å². The highest BCUT2D eigenvalue weighted by molar-refractivity contribution is 7.13. The third kappa shape index (κ3) is 2.49. The highest BCUT2D eigenvalue weighted by atomic mass is 32.1. The lowest BCUT2D eigenvalue weighted by Crippen LogP contribution is -2.41. The van der Waals surface area contributed by atoms with Crippen LogP contribution >= 0.6 is 11.3 Å². The summed E-state index contributed by atoms with van der Waals surface area (Å²) in [5.41, 5.74) is 0.825. The van der Waals surface area contributed by atoms with Crippen molar-refractivity contribution in [2.45, 2.75) is 25.1 Å². The van der Waals surface area contributed by atoms with Gasteiger partial charge < -0.3 is 4.90 Å². The zero-order valence-electron chi connectivity index (χ0n) is 10.5. The molecule has 0 aliphatic carbocycles. The predicted molar refractivity (Wildman–Crippen MR) is 71.8 cm³/mol. The van der Waals surface area contributed by atoms with Crippen LogP contribution in [-0.2, 0) is 0 Å². The molecule has 1 atom stereocenters. The van der Waals surface area contributed by atoms with E-state index >= 15 is 0 Å². The molecular formula is C13H12F3N3S. The monoisotopic (exact) mass is 299 g/mol. The second-order valence-corrected chi connectivity index (χ2v) is 5.53. The van der Waals surface area contributed by atoms with Gasteiger partial charge in [-0.1, -0.05) is 0 Å². The predicted octanol–water partition coefficient (Wildman–Crippen LogP) is 3.74. The van der Waals surface area contributed by atoms with Gasteiger partial charge in [-0.2, -0.15) is 13.2 Å². The second kappa shape index (κ2) is 5.05. The van der Waals surface area contributed by atoms with Crippen molar-refractivity contribution in [2.75, 3.05) is 11.4 Å². The van der Waals surface area contributed by atoms with Crippen LogP contribution in [0.15, 0.2) is 29.9 Å². The zero-order chi connectivity index (χ0) is 14.2. The fourth-order valence-electron chi connectivity index (χ4n) is 2.43. The Morgan fingerprint density at radius 3 is 2.70 bits per heavy atom. The highest BCUT2D eigenvalue weighted by Gasteiger charge is 2.46. The van der Waals surface area contributed by atoms with E-state index in [4.69, 9.17) is 0 Å². The number of aromatic nitrogens is 2. The van der Waals surface area contributed by atoms with Crippen LogP contribution in [0.25, 0.3) is 10.6 Å². The number of thiazole rings is 1. The molecule has 106 valence electrons. The van der Waals surface area contributed by atoms with E-state index in [0.29, 0.717) is 18.8 Å². The number of alkyl halides is 3. The second-order valence-electron chi connectivity index (χ2n) is 4.64. The van der Waals surface area contributed by atoms with Crippen molar-refractivity contribution >= 4 is 17.2 Å². The summed E-state index contributed by atoms with van der Waals surface area (Å²) in [6, 6.07) is 1.99. The van der Waals surface area contributed by atoms with Crippen molar-refractivity contribution in [1.82, 2.24) is 9.97 Å². The summed E-state index contributed by atoms with van der Waals surface area (Å²) in [6.45, 7) is 0.397. The zero-order valence-corrected chi connectivity index (χ0v) is 11.3. The Kier molecular flexibility index (Phi) is 3.37.